The average Bonchev–Trinajstić information content (AvgIpc) is 2.62. The first-order chi connectivity index (χ1) is 12.0. The predicted octanol–water partition coefficient (Wildman–Crippen LogP) is 3.73. The van der Waals surface area contributed by atoms with Crippen molar-refractivity contribution in [2.75, 3.05) is 6.54 Å². The van der Waals surface area contributed by atoms with E-state index in [1.165, 1.54) is 6.92 Å². The van der Waals surface area contributed by atoms with Crippen molar-refractivity contribution in [2.24, 2.45) is 0 Å². The zero-order valence-electron chi connectivity index (χ0n) is 14.1. The van der Waals surface area contributed by atoms with Gasteiger partial charge in [-0.3, -0.25) is 9.59 Å². The minimum atomic E-state index is -0.714. The lowest BCUT2D eigenvalue weighted by Gasteiger charge is -2.30. The van der Waals surface area contributed by atoms with Gasteiger partial charge < -0.3 is 10.2 Å². The van der Waals surface area contributed by atoms with Crippen LogP contribution in [0.4, 0.5) is 0 Å². The number of nitrogens with one attached hydrogen (secondary N) is 1. The Hall–Kier alpha value is -2.59. The minimum Gasteiger partial charge on any atom is -0.351 e. The molecule has 0 saturated heterocycles. The van der Waals surface area contributed by atoms with Gasteiger partial charge in [-0.25, -0.2) is 0 Å². The molecular formula is C20H21ClN2O2. The number of benzene rings is 2. The van der Waals surface area contributed by atoms with E-state index in [4.69, 9.17) is 11.6 Å². The first kappa shape index (κ1) is 18.7. The number of nitrogens with zero attached hydrogens (tertiary/aromatic N) is 1. The lowest BCUT2D eigenvalue weighted by Crippen LogP contribution is -2.42. The van der Waals surface area contributed by atoms with Gasteiger partial charge in [-0.05, 0) is 23.3 Å². The Morgan fingerprint density at radius 2 is 1.80 bits per heavy atom. The van der Waals surface area contributed by atoms with Gasteiger partial charge in [0.2, 0.25) is 11.8 Å². The molecule has 0 spiro atoms. The van der Waals surface area contributed by atoms with Crippen molar-refractivity contribution in [3.8, 4) is 0 Å². The Morgan fingerprint density at radius 3 is 2.36 bits per heavy atom. The van der Waals surface area contributed by atoms with Crippen LogP contribution in [0.5, 0.6) is 0 Å². The molecule has 2 aromatic rings. The Balaban J connectivity index is 2.35. The molecule has 130 valence electrons. The number of rotatable bonds is 7. The van der Waals surface area contributed by atoms with Crippen LogP contribution in [0.3, 0.4) is 0 Å². The SMILES string of the molecule is C=CCNC(=O)C(c1ccccc1)N(Cc1ccc(Cl)cc1)C(C)=O. The van der Waals surface area contributed by atoms with Crippen LogP contribution in [0.25, 0.3) is 0 Å². The van der Waals surface area contributed by atoms with E-state index in [0.717, 1.165) is 11.1 Å². The van der Waals surface area contributed by atoms with Crippen LogP contribution in [-0.2, 0) is 16.1 Å². The number of halogens is 1. The molecular weight excluding hydrogens is 336 g/mol. The maximum absolute atomic E-state index is 12.7. The number of hydrogen-bond acceptors (Lipinski definition) is 2. The van der Waals surface area contributed by atoms with Crippen LogP contribution in [0.1, 0.15) is 24.1 Å². The Morgan fingerprint density at radius 1 is 1.16 bits per heavy atom. The van der Waals surface area contributed by atoms with Crippen LogP contribution >= 0.6 is 11.6 Å². The molecule has 0 bridgehead atoms. The van der Waals surface area contributed by atoms with Crippen molar-refractivity contribution < 1.29 is 9.59 Å². The lowest BCUT2D eigenvalue weighted by molar-refractivity contribution is -0.139. The molecule has 1 atom stereocenters. The summed E-state index contributed by atoms with van der Waals surface area (Å²) in [5.41, 5.74) is 1.66. The summed E-state index contributed by atoms with van der Waals surface area (Å²) in [6.07, 6.45) is 1.61. The van der Waals surface area contributed by atoms with E-state index in [-0.39, 0.29) is 11.8 Å². The van der Waals surface area contributed by atoms with Crippen molar-refractivity contribution >= 4 is 23.4 Å². The molecule has 0 aliphatic heterocycles. The van der Waals surface area contributed by atoms with E-state index in [2.05, 4.69) is 11.9 Å². The maximum Gasteiger partial charge on any atom is 0.247 e. The Bertz CT molecular complexity index is 729. The molecule has 4 nitrogen and oxygen atoms in total. The molecule has 1 N–H and O–H groups in total. The average molecular weight is 357 g/mol. The molecule has 0 saturated carbocycles. The smallest absolute Gasteiger partial charge is 0.247 e. The molecule has 2 rings (SSSR count). The van der Waals surface area contributed by atoms with E-state index in [0.29, 0.717) is 18.1 Å². The fraction of sp³-hybridized carbons (Fsp3) is 0.200. The second-order valence-electron chi connectivity index (χ2n) is 5.62. The molecule has 2 aromatic carbocycles. The van der Waals surface area contributed by atoms with Crippen LogP contribution in [0.2, 0.25) is 5.02 Å². The van der Waals surface area contributed by atoms with E-state index in [9.17, 15) is 9.59 Å². The summed E-state index contributed by atoms with van der Waals surface area (Å²) in [4.78, 5) is 26.6. The fourth-order valence-corrected chi connectivity index (χ4v) is 2.67. The molecule has 0 aromatic heterocycles. The summed E-state index contributed by atoms with van der Waals surface area (Å²) in [5, 5.41) is 3.42. The van der Waals surface area contributed by atoms with Gasteiger partial charge in [-0.1, -0.05) is 60.1 Å². The standard InChI is InChI=1S/C20H21ClN2O2/c1-3-13-22-20(25)19(17-7-5-4-6-8-17)23(15(2)24)14-16-9-11-18(21)12-10-16/h3-12,19H,1,13-14H2,2H3,(H,22,25). The second kappa shape index (κ2) is 9.04. The van der Waals surface area contributed by atoms with Crippen molar-refractivity contribution in [3.05, 3.63) is 83.4 Å². The van der Waals surface area contributed by atoms with E-state index < -0.39 is 6.04 Å². The quantitative estimate of drug-likeness (QED) is 0.768. The third kappa shape index (κ3) is 5.19. The topological polar surface area (TPSA) is 49.4 Å². The zero-order chi connectivity index (χ0) is 18.2. The van der Waals surface area contributed by atoms with Crippen molar-refractivity contribution in [1.29, 1.82) is 0 Å². The van der Waals surface area contributed by atoms with Crippen molar-refractivity contribution in [3.63, 3.8) is 0 Å². The maximum atomic E-state index is 12.7. The van der Waals surface area contributed by atoms with Crippen molar-refractivity contribution in [1.82, 2.24) is 10.2 Å². The summed E-state index contributed by atoms with van der Waals surface area (Å²) < 4.78 is 0. The van der Waals surface area contributed by atoms with E-state index >= 15 is 0 Å². The van der Waals surface area contributed by atoms with Gasteiger partial charge in [0.05, 0.1) is 0 Å². The van der Waals surface area contributed by atoms with Crippen LogP contribution < -0.4 is 5.32 Å². The monoisotopic (exact) mass is 356 g/mol. The van der Waals surface area contributed by atoms with Crippen molar-refractivity contribution in [2.45, 2.75) is 19.5 Å². The first-order valence-corrected chi connectivity index (χ1v) is 8.36. The number of amides is 2. The lowest BCUT2D eigenvalue weighted by atomic mass is 10.0. The highest BCUT2D eigenvalue weighted by Gasteiger charge is 2.29. The van der Waals surface area contributed by atoms with Gasteiger partial charge in [0.25, 0.3) is 0 Å². The molecule has 0 aliphatic rings. The normalized spacial score (nSPS) is 11.4. The highest BCUT2D eigenvalue weighted by atomic mass is 35.5. The van der Waals surface area contributed by atoms with Gasteiger partial charge in [0, 0.05) is 25.0 Å². The number of carbonyl (C=O) groups is 2. The highest BCUT2D eigenvalue weighted by Crippen LogP contribution is 2.24. The molecule has 25 heavy (non-hydrogen) atoms. The van der Waals surface area contributed by atoms with Gasteiger partial charge in [-0.2, -0.15) is 0 Å². The second-order valence-corrected chi connectivity index (χ2v) is 6.06. The predicted molar refractivity (Wildman–Crippen MR) is 100 cm³/mol. The van der Waals surface area contributed by atoms with Crippen LogP contribution in [-0.4, -0.2) is 23.3 Å². The Kier molecular flexibility index (Phi) is 6.78. The molecule has 0 radical (unpaired) electrons. The largest absolute Gasteiger partial charge is 0.351 e. The molecule has 0 heterocycles. The van der Waals surface area contributed by atoms with Gasteiger partial charge in [-0.15, -0.1) is 6.58 Å². The number of carbonyl (C=O) groups excluding carboxylic acids is 2. The van der Waals surface area contributed by atoms with Crippen LogP contribution in [0, 0.1) is 0 Å². The summed E-state index contributed by atoms with van der Waals surface area (Å²) in [6.45, 7) is 5.73. The van der Waals surface area contributed by atoms with E-state index in [1.54, 1.807) is 23.1 Å². The molecule has 5 heteroatoms. The van der Waals surface area contributed by atoms with Gasteiger partial charge in [0.15, 0.2) is 0 Å². The summed E-state index contributed by atoms with van der Waals surface area (Å²) >= 11 is 5.92. The molecule has 2 amide bonds. The van der Waals surface area contributed by atoms with Gasteiger partial charge in [0.1, 0.15) is 6.04 Å². The molecule has 0 aliphatic carbocycles. The van der Waals surface area contributed by atoms with Gasteiger partial charge >= 0.3 is 0 Å². The van der Waals surface area contributed by atoms with E-state index in [1.807, 2.05) is 42.5 Å². The highest BCUT2D eigenvalue weighted by molar-refractivity contribution is 6.30. The number of hydrogen-bond donors (Lipinski definition) is 1. The third-order valence-electron chi connectivity index (χ3n) is 3.77. The summed E-state index contributed by atoms with van der Waals surface area (Å²) in [5.74, 6) is -0.423. The molecule has 0 fully saturated rings. The molecule has 1 unspecified atom stereocenters. The summed E-state index contributed by atoms with van der Waals surface area (Å²) in [7, 11) is 0. The van der Waals surface area contributed by atoms with Crippen LogP contribution in [0.15, 0.2) is 67.3 Å². The minimum absolute atomic E-state index is 0.183. The third-order valence-corrected chi connectivity index (χ3v) is 4.02. The summed E-state index contributed by atoms with van der Waals surface area (Å²) in [6, 6.07) is 15.8. The Labute approximate surface area is 153 Å². The zero-order valence-corrected chi connectivity index (χ0v) is 14.9. The first-order valence-electron chi connectivity index (χ1n) is 7.98. The fourth-order valence-electron chi connectivity index (χ4n) is 2.55.